The van der Waals surface area contributed by atoms with Crippen molar-refractivity contribution >= 4 is 26.8 Å². The molecule has 0 unspecified atom stereocenters. The molecule has 3 rings (SSSR count). The molecule has 0 spiro atoms. The first-order valence-corrected chi connectivity index (χ1v) is 7.70. The maximum Gasteiger partial charge on any atom is 0.188 e. The first-order chi connectivity index (χ1) is 9.20. The molecule has 0 aromatic carbocycles. The number of aliphatic hydroxyl groups is 1. The fraction of sp³-hybridized carbons (Fsp3) is 0.692. The molecule has 1 fully saturated rings. The minimum Gasteiger partial charge on any atom is -0.396 e. The highest BCUT2D eigenvalue weighted by Crippen LogP contribution is 2.34. The highest BCUT2D eigenvalue weighted by molar-refractivity contribution is 7.22. The Balaban J connectivity index is 1.95. The van der Waals surface area contributed by atoms with Crippen LogP contribution >= 0.6 is 11.3 Å². The van der Waals surface area contributed by atoms with E-state index in [2.05, 4.69) is 10.00 Å². The van der Waals surface area contributed by atoms with Crippen molar-refractivity contribution in [3.05, 3.63) is 5.69 Å². The van der Waals surface area contributed by atoms with Gasteiger partial charge in [0, 0.05) is 26.2 Å². The number of rotatable bonds is 3. The summed E-state index contributed by atoms with van der Waals surface area (Å²) in [6.07, 6.45) is 4.47. The van der Waals surface area contributed by atoms with Gasteiger partial charge in [-0.15, -0.1) is 0 Å². The Morgan fingerprint density at radius 1 is 1.42 bits per heavy atom. The molecule has 1 N–H and O–H groups in total. The number of nitrogens with zero attached hydrogens (tertiary/aromatic N) is 4. The van der Waals surface area contributed by atoms with E-state index in [9.17, 15) is 5.11 Å². The van der Waals surface area contributed by atoms with Crippen LogP contribution in [0.4, 0.5) is 5.13 Å². The lowest BCUT2D eigenvalue weighted by Crippen LogP contribution is -2.40. The minimum absolute atomic E-state index is 0.257. The van der Waals surface area contributed by atoms with Gasteiger partial charge in [0.05, 0.1) is 10.4 Å². The fourth-order valence-corrected chi connectivity index (χ4v) is 4.03. The number of anilines is 1. The van der Waals surface area contributed by atoms with Crippen LogP contribution in [0, 0.1) is 6.92 Å². The quantitative estimate of drug-likeness (QED) is 0.935. The zero-order chi connectivity index (χ0) is 13.4. The zero-order valence-corrected chi connectivity index (χ0v) is 12.3. The molecule has 1 atom stereocenters. The molecular weight excluding hydrogens is 260 g/mol. The predicted octanol–water partition coefficient (Wildman–Crippen LogP) is 2.08. The van der Waals surface area contributed by atoms with E-state index in [0.29, 0.717) is 6.04 Å². The van der Waals surface area contributed by atoms with Gasteiger partial charge in [0.15, 0.2) is 10.8 Å². The Kier molecular flexibility index (Phi) is 3.45. The molecule has 1 aliphatic rings. The molecule has 1 aliphatic heterocycles. The third kappa shape index (κ3) is 2.23. The van der Waals surface area contributed by atoms with Crippen molar-refractivity contribution in [1.29, 1.82) is 0 Å². The number of hydrogen-bond acceptors (Lipinski definition) is 5. The normalized spacial score (nSPS) is 20.4. The van der Waals surface area contributed by atoms with Crippen molar-refractivity contribution in [1.82, 2.24) is 14.8 Å². The average Bonchev–Trinajstić information content (AvgIpc) is 2.94. The van der Waals surface area contributed by atoms with Crippen LogP contribution in [0.2, 0.25) is 0 Å². The highest BCUT2D eigenvalue weighted by atomic mass is 32.1. The Morgan fingerprint density at radius 3 is 3.00 bits per heavy atom. The number of hydrogen-bond donors (Lipinski definition) is 1. The predicted molar refractivity (Wildman–Crippen MR) is 77.8 cm³/mol. The van der Waals surface area contributed by atoms with Gasteiger partial charge in [-0.2, -0.15) is 5.10 Å². The Labute approximate surface area is 116 Å². The second-order valence-electron chi connectivity index (χ2n) is 5.21. The summed E-state index contributed by atoms with van der Waals surface area (Å²) in [5.41, 5.74) is 2.03. The largest absolute Gasteiger partial charge is 0.396 e. The number of piperidine rings is 1. The van der Waals surface area contributed by atoms with Gasteiger partial charge in [0.25, 0.3) is 0 Å². The Bertz CT molecular complexity index is 540. The molecule has 0 amide bonds. The smallest absolute Gasteiger partial charge is 0.188 e. The third-order valence-electron chi connectivity index (χ3n) is 3.87. The first kappa shape index (κ1) is 12.9. The standard InChI is InChI=1S/C13H20N4OS/c1-9-11-12(16(2)15-9)14-13(19-11)17-7-4-3-5-10(17)6-8-18/h10,18H,3-8H2,1-2H3/t10-/m1/s1. The highest BCUT2D eigenvalue weighted by Gasteiger charge is 2.25. The van der Waals surface area contributed by atoms with Gasteiger partial charge in [-0.05, 0) is 32.6 Å². The molecule has 0 saturated carbocycles. The molecule has 104 valence electrons. The van der Waals surface area contributed by atoms with E-state index in [-0.39, 0.29) is 6.61 Å². The molecule has 5 nitrogen and oxygen atoms in total. The van der Waals surface area contributed by atoms with E-state index in [0.717, 1.165) is 35.9 Å². The average molecular weight is 280 g/mol. The van der Waals surface area contributed by atoms with Crippen LogP contribution < -0.4 is 4.90 Å². The van der Waals surface area contributed by atoms with Crippen LogP contribution in [0.5, 0.6) is 0 Å². The van der Waals surface area contributed by atoms with Crippen molar-refractivity contribution in [2.45, 2.75) is 38.6 Å². The first-order valence-electron chi connectivity index (χ1n) is 6.88. The molecule has 3 heterocycles. The topological polar surface area (TPSA) is 54.2 Å². The van der Waals surface area contributed by atoms with Gasteiger partial charge in [0.2, 0.25) is 0 Å². The van der Waals surface area contributed by atoms with Crippen LogP contribution in [0.15, 0.2) is 0 Å². The van der Waals surface area contributed by atoms with Crippen molar-refractivity contribution in [2.24, 2.45) is 7.05 Å². The fourth-order valence-electron chi connectivity index (χ4n) is 2.90. The second kappa shape index (κ2) is 5.09. The summed E-state index contributed by atoms with van der Waals surface area (Å²) >= 11 is 1.73. The summed E-state index contributed by atoms with van der Waals surface area (Å²) in [4.78, 5) is 7.13. The maximum atomic E-state index is 9.21. The van der Waals surface area contributed by atoms with E-state index in [4.69, 9.17) is 4.98 Å². The lowest BCUT2D eigenvalue weighted by atomic mass is 10.0. The SMILES string of the molecule is Cc1nn(C)c2nc(N3CCCC[C@@H]3CCO)sc12. The summed E-state index contributed by atoms with van der Waals surface area (Å²) in [5.74, 6) is 0. The molecule has 0 bridgehead atoms. The van der Waals surface area contributed by atoms with Gasteiger partial charge in [-0.25, -0.2) is 9.67 Å². The van der Waals surface area contributed by atoms with E-state index >= 15 is 0 Å². The van der Waals surface area contributed by atoms with Crippen LogP contribution in [0.1, 0.15) is 31.4 Å². The summed E-state index contributed by atoms with van der Waals surface area (Å²) in [7, 11) is 1.94. The monoisotopic (exact) mass is 280 g/mol. The molecule has 19 heavy (non-hydrogen) atoms. The van der Waals surface area contributed by atoms with Crippen molar-refractivity contribution in [3.8, 4) is 0 Å². The van der Waals surface area contributed by atoms with E-state index in [1.807, 2.05) is 18.7 Å². The molecule has 1 saturated heterocycles. The summed E-state index contributed by atoms with van der Waals surface area (Å²) in [6.45, 7) is 3.34. The number of aryl methyl sites for hydroxylation is 2. The second-order valence-corrected chi connectivity index (χ2v) is 6.19. The Hall–Kier alpha value is -1.14. The lowest BCUT2D eigenvalue weighted by Gasteiger charge is -2.35. The molecule has 2 aromatic rings. The molecule has 0 radical (unpaired) electrons. The zero-order valence-electron chi connectivity index (χ0n) is 11.5. The van der Waals surface area contributed by atoms with Crippen LogP contribution in [0.25, 0.3) is 10.3 Å². The summed E-state index contributed by atoms with van der Waals surface area (Å²) in [6, 6.07) is 0.438. The van der Waals surface area contributed by atoms with Gasteiger partial charge >= 0.3 is 0 Å². The maximum absolute atomic E-state index is 9.21. The van der Waals surface area contributed by atoms with Gasteiger partial charge < -0.3 is 10.0 Å². The van der Waals surface area contributed by atoms with Gasteiger partial charge in [0.1, 0.15) is 0 Å². The number of aliphatic hydroxyl groups excluding tert-OH is 1. The van der Waals surface area contributed by atoms with Crippen molar-refractivity contribution in [2.75, 3.05) is 18.1 Å². The molecular formula is C13H20N4OS. The van der Waals surface area contributed by atoms with Crippen LogP contribution in [-0.4, -0.2) is 39.1 Å². The number of thiazole rings is 1. The molecule has 0 aliphatic carbocycles. The van der Waals surface area contributed by atoms with Crippen molar-refractivity contribution in [3.63, 3.8) is 0 Å². The lowest BCUT2D eigenvalue weighted by molar-refractivity contribution is 0.262. The third-order valence-corrected chi connectivity index (χ3v) is 5.06. The van der Waals surface area contributed by atoms with Crippen LogP contribution in [0.3, 0.4) is 0 Å². The Morgan fingerprint density at radius 2 is 2.26 bits per heavy atom. The minimum atomic E-state index is 0.257. The number of fused-ring (bicyclic) bond motifs is 1. The van der Waals surface area contributed by atoms with E-state index in [1.165, 1.54) is 17.5 Å². The summed E-state index contributed by atoms with van der Waals surface area (Å²) in [5, 5.41) is 14.7. The summed E-state index contributed by atoms with van der Waals surface area (Å²) < 4.78 is 3.04. The van der Waals surface area contributed by atoms with Crippen molar-refractivity contribution < 1.29 is 5.11 Å². The number of aromatic nitrogens is 3. The molecule has 2 aromatic heterocycles. The van der Waals surface area contributed by atoms with Crippen LogP contribution in [-0.2, 0) is 7.05 Å². The molecule has 6 heteroatoms. The van der Waals surface area contributed by atoms with Gasteiger partial charge in [-0.1, -0.05) is 11.3 Å². The van der Waals surface area contributed by atoms with E-state index < -0.39 is 0 Å². The van der Waals surface area contributed by atoms with E-state index in [1.54, 1.807) is 11.3 Å². The van der Waals surface area contributed by atoms with Gasteiger partial charge in [-0.3, -0.25) is 0 Å².